The number of nitrogens with zero attached hydrogens (tertiary/aromatic N) is 1. The van der Waals surface area contributed by atoms with Crippen molar-refractivity contribution in [2.24, 2.45) is 11.8 Å². The molecule has 4 amide bonds. The van der Waals surface area contributed by atoms with Gasteiger partial charge in [0, 0.05) is 19.0 Å². The Morgan fingerprint density at radius 3 is 2.38 bits per heavy atom. The molecule has 3 aliphatic rings. The van der Waals surface area contributed by atoms with Gasteiger partial charge in [0.1, 0.15) is 5.54 Å². The molecule has 0 aromatic heterocycles. The van der Waals surface area contributed by atoms with Crippen LogP contribution in [0.4, 0.5) is 18.0 Å². The topological polar surface area (TPSA) is 78.5 Å². The standard InChI is InChI=1S/C15H20F3N3O3/c16-15(17,18)10-3-1-2-9(8-10)11(22)21-6-4-14(5-7-21)12(23)19-13(24)20-14/h9-10H,1-8H2,(H2,19,20,23,24)/t9-,10-/m1/s1. The second-order valence-corrected chi connectivity index (χ2v) is 6.92. The van der Waals surface area contributed by atoms with Crippen molar-refractivity contribution < 1.29 is 27.6 Å². The molecule has 0 unspecified atom stereocenters. The van der Waals surface area contributed by atoms with Crippen molar-refractivity contribution in [3.63, 3.8) is 0 Å². The van der Waals surface area contributed by atoms with Crippen molar-refractivity contribution >= 4 is 17.8 Å². The first-order chi connectivity index (χ1) is 11.2. The molecule has 0 radical (unpaired) electrons. The highest BCUT2D eigenvalue weighted by atomic mass is 19.4. The number of imide groups is 1. The fraction of sp³-hybridized carbons (Fsp3) is 0.800. The first-order valence-corrected chi connectivity index (χ1v) is 8.20. The number of nitrogens with one attached hydrogen (secondary N) is 2. The molecule has 0 bridgehead atoms. The van der Waals surface area contributed by atoms with Crippen LogP contribution in [0.2, 0.25) is 0 Å². The second kappa shape index (κ2) is 5.93. The molecule has 2 atom stereocenters. The van der Waals surface area contributed by atoms with Crippen LogP contribution in [0.25, 0.3) is 0 Å². The maximum Gasteiger partial charge on any atom is 0.391 e. The van der Waals surface area contributed by atoms with Crippen LogP contribution in [-0.4, -0.2) is 47.6 Å². The first-order valence-electron chi connectivity index (χ1n) is 8.20. The fourth-order valence-corrected chi connectivity index (χ4v) is 3.96. The lowest BCUT2D eigenvalue weighted by atomic mass is 9.79. The molecule has 3 fully saturated rings. The van der Waals surface area contributed by atoms with E-state index >= 15 is 0 Å². The summed E-state index contributed by atoms with van der Waals surface area (Å²) in [6.07, 6.45) is -2.88. The Bertz CT molecular complexity index is 556. The highest BCUT2D eigenvalue weighted by Crippen LogP contribution is 2.40. The highest BCUT2D eigenvalue weighted by molar-refractivity contribution is 6.07. The second-order valence-electron chi connectivity index (χ2n) is 6.92. The molecule has 2 aliphatic heterocycles. The minimum Gasteiger partial charge on any atom is -0.342 e. The summed E-state index contributed by atoms with van der Waals surface area (Å²) in [4.78, 5) is 37.2. The number of urea groups is 1. The number of alkyl halides is 3. The predicted octanol–water partition coefficient (Wildman–Crippen LogP) is 1.56. The summed E-state index contributed by atoms with van der Waals surface area (Å²) in [5, 5.41) is 4.79. The van der Waals surface area contributed by atoms with Crippen molar-refractivity contribution in [1.29, 1.82) is 0 Å². The fourth-order valence-electron chi connectivity index (χ4n) is 3.96. The molecule has 3 rings (SSSR count). The molecule has 0 aromatic rings. The van der Waals surface area contributed by atoms with Crippen LogP contribution >= 0.6 is 0 Å². The summed E-state index contributed by atoms with van der Waals surface area (Å²) >= 11 is 0. The Morgan fingerprint density at radius 1 is 1.17 bits per heavy atom. The van der Waals surface area contributed by atoms with Crippen molar-refractivity contribution in [3.8, 4) is 0 Å². The Labute approximate surface area is 137 Å². The molecule has 1 spiro atoms. The number of carbonyl (C=O) groups is 3. The van der Waals surface area contributed by atoms with Crippen LogP contribution < -0.4 is 10.6 Å². The Hall–Kier alpha value is -1.80. The predicted molar refractivity (Wildman–Crippen MR) is 76.7 cm³/mol. The number of hydrogen-bond donors (Lipinski definition) is 2. The molecule has 134 valence electrons. The van der Waals surface area contributed by atoms with E-state index in [1.165, 1.54) is 4.90 Å². The summed E-state index contributed by atoms with van der Waals surface area (Å²) in [6.45, 7) is 0.527. The lowest BCUT2D eigenvalue weighted by Crippen LogP contribution is -2.56. The van der Waals surface area contributed by atoms with Crippen molar-refractivity contribution in [3.05, 3.63) is 0 Å². The van der Waals surface area contributed by atoms with Gasteiger partial charge in [0.15, 0.2) is 0 Å². The third-order valence-corrected chi connectivity index (χ3v) is 5.43. The number of likely N-dealkylation sites (tertiary alicyclic amines) is 1. The van der Waals surface area contributed by atoms with E-state index in [-0.39, 0.29) is 44.7 Å². The largest absolute Gasteiger partial charge is 0.391 e. The molecule has 6 nitrogen and oxygen atoms in total. The summed E-state index contributed by atoms with van der Waals surface area (Å²) in [6, 6.07) is -0.542. The molecule has 0 aromatic carbocycles. The van der Waals surface area contributed by atoms with E-state index in [0.29, 0.717) is 12.8 Å². The van der Waals surface area contributed by atoms with E-state index in [9.17, 15) is 27.6 Å². The minimum absolute atomic E-state index is 0.0859. The summed E-state index contributed by atoms with van der Waals surface area (Å²) < 4.78 is 38.7. The van der Waals surface area contributed by atoms with E-state index in [1.807, 2.05) is 0 Å². The van der Waals surface area contributed by atoms with Gasteiger partial charge in [0.2, 0.25) is 5.91 Å². The first kappa shape index (κ1) is 17.0. The molecule has 1 saturated carbocycles. The molecule has 24 heavy (non-hydrogen) atoms. The van der Waals surface area contributed by atoms with E-state index in [0.717, 1.165) is 0 Å². The number of amides is 4. The molecule has 1 aliphatic carbocycles. The van der Waals surface area contributed by atoms with Gasteiger partial charge in [-0.05, 0) is 32.1 Å². The number of rotatable bonds is 1. The Balaban J connectivity index is 1.59. The molecule has 2 N–H and O–H groups in total. The summed E-state index contributed by atoms with van der Waals surface area (Å²) in [7, 11) is 0. The van der Waals surface area contributed by atoms with E-state index < -0.39 is 35.5 Å². The molecule has 2 heterocycles. The smallest absolute Gasteiger partial charge is 0.342 e. The van der Waals surface area contributed by atoms with Crippen molar-refractivity contribution in [2.75, 3.05) is 13.1 Å². The van der Waals surface area contributed by atoms with Crippen molar-refractivity contribution in [1.82, 2.24) is 15.5 Å². The van der Waals surface area contributed by atoms with Crippen molar-refractivity contribution in [2.45, 2.75) is 50.2 Å². The zero-order valence-corrected chi connectivity index (χ0v) is 13.1. The van der Waals surface area contributed by atoms with Gasteiger partial charge in [0.05, 0.1) is 5.92 Å². The Kier molecular flexibility index (Phi) is 4.21. The van der Waals surface area contributed by atoms with E-state index in [1.54, 1.807) is 0 Å². The summed E-state index contributed by atoms with van der Waals surface area (Å²) in [5.74, 6) is -2.67. The third-order valence-electron chi connectivity index (χ3n) is 5.43. The van der Waals surface area contributed by atoms with Gasteiger partial charge < -0.3 is 10.2 Å². The van der Waals surface area contributed by atoms with Crippen LogP contribution in [0.5, 0.6) is 0 Å². The van der Waals surface area contributed by atoms with Gasteiger partial charge in [-0.25, -0.2) is 4.79 Å². The SMILES string of the molecule is O=C1NC(=O)C2(CCN(C(=O)[C@@H]3CCC[C@@H](C(F)(F)F)C3)CC2)N1. The average molecular weight is 347 g/mol. The Morgan fingerprint density at radius 2 is 1.83 bits per heavy atom. The van der Waals surface area contributed by atoms with Crippen LogP contribution in [0.1, 0.15) is 38.5 Å². The number of halogens is 3. The lowest BCUT2D eigenvalue weighted by Gasteiger charge is -2.39. The minimum atomic E-state index is -4.25. The maximum atomic E-state index is 12.9. The molecular weight excluding hydrogens is 327 g/mol. The van der Waals surface area contributed by atoms with Gasteiger partial charge in [-0.2, -0.15) is 13.2 Å². The zero-order valence-electron chi connectivity index (χ0n) is 13.1. The normalized spacial score (nSPS) is 30.2. The van der Waals surface area contributed by atoms with Crippen LogP contribution in [0.3, 0.4) is 0 Å². The quantitative estimate of drug-likeness (QED) is 0.707. The van der Waals surface area contributed by atoms with E-state index in [4.69, 9.17) is 0 Å². The van der Waals surface area contributed by atoms with Gasteiger partial charge in [-0.1, -0.05) is 6.42 Å². The van der Waals surface area contributed by atoms with Gasteiger partial charge in [-0.15, -0.1) is 0 Å². The van der Waals surface area contributed by atoms with Crippen LogP contribution in [0.15, 0.2) is 0 Å². The van der Waals surface area contributed by atoms with Gasteiger partial charge >= 0.3 is 12.2 Å². The molecule has 2 saturated heterocycles. The lowest BCUT2D eigenvalue weighted by molar-refractivity contribution is -0.187. The monoisotopic (exact) mass is 347 g/mol. The third kappa shape index (κ3) is 3.08. The maximum absolute atomic E-state index is 12.9. The number of piperidine rings is 1. The number of hydrogen-bond acceptors (Lipinski definition) is 3. The van der Waals surface area contributed by atoms with Crippen LogP contribution in [0, 0.1) is 11.8 Å². The highest BCUT2D eigenvalue weighted by Gasteiger charge is 2.49. The number of carbonyl (C=O) groups excluding carboxylic acids is 3. The van der Waals surface area contributed by atoms with Gasteiger partial charge in [-0.3, -0.25) is 14.9 Å². The van der Waals surface area contributed by atoms with E-state index in [2.05, 4.69) is 10.6 Å². The summed E-state index contributed by atoms with van der Waals surface area (Å²) in [5.41, 5.74) is -0.977. The molecule has 9 heteroatoms. The van der Waals surface area contributed by atoms with Gasteiger partial charge in [0.25, 0.3) is 5.91 Å². The average Bonchev–Trinajstić information content (AvgIpc) is 2.80. The molecular formula is C15H20F3N3O3. The van der Waals surface area contributed by atoms with Crippen LogP contribution in [-0.2, 0) is 9.59 Å². The zero-order chi connectivity index (χ0) is 17.5.